The van der Waals surface area contributed by atoms with Gasteiger partial charge in [-0.05, 0) is 95.3 Å². The van der Waals surface area contributed by atoms with Crippen molar-refractivity contribution in [3.8, 4) is 10.4 Å². The summed E-state index contributed by atoms with van der Waals surface area (Å²) >= 11 is 7.87. The summed E-state index contributed by atoms with van der Waals surface area (Å²) in [5.41, 5.74) is 2.30. The van der Waals surface area contributed by atoms with Gasteiger partial charge in [0.15, 0.2) is 0 Å². The van der Waals surface area contributed by atoms with E-state index in [1.54, 1.807) is 11.3 Å². The van der Waals surface area contributed by atoms with E-state index < -0.39 is 0 Å². The van der Waals surface area contributed by atoms with Crippen LogP contribution in [-0.2, 0) is 4.79 Å². The Morgan fingerprint density at radius 3 is 2.33 bits per heavy atom. The van der Waals surface area contributed by atoms with Crippen molar-refractivity contribution in [2.75, 3.05) is 25.0 Å². The molecule has 162 valence electrons. The van der Waals surface area contributed by atoms with Crippen LogP contribution < -0.4 is 4.90 Å². The second kappa shape index (κ2) is 9.42. The van der Waals surface area contributed by atoms with Crippen LogP contribution in [0.25, 0.3) is 10.4 Å². The Morgan fingerprint density at radius 2 is 1.70 bits per heavy atom. The molecule has 3 nitrogen and oxygen atoms in total. The molecule has 1 aliphatic heterocycles. The number of benzene rings is 1. The number of piperidine rings is 1. The maximum Gasteiger partial charge on any atom is 0.230 e. The molecule has 2 aliphatic rings. The first-order valence-electron chi connectivity index (χ1n) is 11.3. The highest BCUT2D eigenvalue weighted by Crippen LogP contribution is 2.40. The van der Waals surface area contributed by atoms with E-state index in [2.05, 4.69) is 48.9 Å². The van der Waals surface area contributed by atoms with E-state index in [9.17, 15) is 4.79 Å². The van der Waals surface area contributed by atoms with Gasteiger partial charge in [0, 0.05) is 26.7 Å². The van der Waals surface area contributed by atoms with Gasteiger partial charge in [-0.2, -0.15) is 0 Å². The van der Waals surface area contributed by atoms with E-state index in [0.29, 0.717) is 11.9 Å². The summed E-state index contributed by atoms with van der Waals surface area (Å²) in [5, 5.41) is 0.752. The number of amides is 1. The van der Waals surface area contributed by atoms with E-state index >= 15 is 0 Å². The molecule has 0 radical (unpaired) electrons. The Hall–Kier alpha value is -1.36. The maximum atomic E-state index is 13.8. The Kier molecular flexibility index (Phi) is 6.86. The summed E-state index contributed by atoms with van der Waals surface area (Å²) < 4.78 is 0. The second-order valence-corrected chi connectivity index (χ2v) is 11.0. The number of rotatable bonds is 4. The first kappa shape index (κ1) is 21.9. The summed E-state index contributed by atoms with van der Waals surface area (Å²) in [5.74, 6) is 1.30. The molecule has 2 aromatic rings. The van der Waals surface area contributed by atoms with Crippen molar-refractivity contribution in [1.82, 2.24) is 4.90 Å². The summed E-state index contributed by atoms with van der Waals surface area (Å²) in [7, 11) is 2.18. The minimum atomic E-state index is 0.180. The van der Waals surface area contributed by atoms with E-state index in [0.717, 1.165) is 55.4 Å². The largest absolute Gasteiger partial charge is 0.308 e. The third-order valence-electron chi connectivity index (χ3n) is 6.94. The highest BCUT2D eigenvalue weighted by atomic mass is 35.5. The molecule has 0 spiro atoms. The van der Waals surface area contributed by atoms with Crippen molar-refractivity contribution in [2.45, 2.75) is 58.4 Å². The van der Waals surface area contributed by atoms with Gasteiger partial charge in [0.25, 0.3) is 0 Å². The fourth-order valence-electron chi connectivity index (χ4n) is 4.92. The topological polar surface area (TPSA) is 23.6 Å². The molecule has 2 heterocycles. The molecule has 1 saturated carbocycles. The molecule has 1 aliphatic carbocycles. The fourth-order valence-corrected chi connectivity index (χ4v) is 6.06. The molecule has 0 unspecified atom stereocenters. The number of halogens is 1. The summed E-state index contributed by atoms with van der Waals surface area (Å²) in [6.07, 6.45) is 6.53. The van der Waals surface area contributed by atoms with E-state index in [-0.39, 0.29) is 5.92 Å². The number of thiophene rings is 1. The van der Waals surface area contributed by atoms with Gasteiger partial charge in [-0.3, -0.25) is 4.79 Å². The van der Waals surface area contributed by atoms with Crippen LogP contribution >= 0.6 is 22.9 Å². The highest BCUT2D eigenvalue weighted by Gasteiger charge is 2.35. The Bertz CT molecular complexity index is 862. The van der Waals surface area contributed by atoms with Crippen molar-refractivity contribution in [1.29, 1.82) is 0 Å². The number of likely N-dealkylation sites (tertiary alicyclic amines) is 1. The molecule has 5 heteroatoms. The Balaban J connectivity index is 1.65. The second-order valence-electron chi connectivity index (χ2n) is 9.26. The van der Waals surface area contributed by atoms with Gasteiger partial charge < -0.3 is 9.80 Å². The van der Waals surface area contributed by atoms with Crippen LogP contribution in [0.3, 0.4) is 0 Å². The van der Waals surface area contributed by atoms with Gasteiger partial charge in [-0.15, -0.1) is 11.3 Å². The molecule has 0 bridgehead atoms. The quantitative estimate of drug-likeness (QED) is 0.528. The molecule has 2 fully saturated rings. The van der Waals surface area contributed by atoms with Crippen LogP contribution in [0.4, 0.5) is 5.69 Å². The molecule has 4 rings (SSSR count). The van der Waals surface area contributed by atoms with Crippen LogP contribution in [0.1, 0.15) is 50.3 Å². The first-order valence-corrected chi connectivity index (χ1v) is 12.5. The highest BCUT2D eigenvalue weighted by molar-refractivity contribution is 7.16. The lowest BCUT2D eigenvalue weighted by atomic mass is 9.82. The van der Waals surface area contributed by atoms with E-state index in [4.69, 9.17) is 11.6 Å². The monoisotopic (exact) mass is 444 g/mol. The third kappa shape index (κ3) is 4.76. The van der Waals surface area contributed by atoms with E-state index in [1.807, 2.05) is 12.1 Å². The number of carbonyl (C=O) groups is 1. The molecule has 1 amide bonds. The average molecular weight is 445 g/mol. The molecule has 0 atom stereocenters. The van der Waals surface area contributed by atoms with Crippen LogP contribution in [0, 0.1) is 18.8 Å². The molecular formula is C25H33ClN2OS. The zero-order valence-electron chi connectivity index (χ0n) is 18.4. The number of nitrogens with zero attached hydrogens (tertiary/aromatic N) is 2. The van der Waals surface area contributed by atoms with Crippen molar-refractivity contribution in [2.24, 2.45) is 11.8 Å². The van der Waals surface area contributed by atoms with Crippen molar-refractivity contribution in [3.05, 3.63) is 40.2 Å². The number of hydrogen-bond acceptors (Lipinski definition) is 3. The number of anilines is 1. The lowest BCUT2D eigenvalue weighted by molar-refractivity contribution is -0.124. The average Bonchev–Trinajstić information content (AvgIpc) is 3.12. The first-order chi connectivity index (χ1) is 14.4. The predicted molar refractivity (Wildman–Crippen MR) is 129 cm³/mol. The molecule has 1 saturated heterocycles. The molecule has 30 heavy (non-hydrogen) atoms. The summed E-state index contributed by atoms with van der Waals surface area (Å²) in [4.78, 5) is 20.9. The van der Waals surface area contributed by atoms with Gasteiger partial charge in [-0.25, -0.2) is 0 Å². The summed E-state index contributed by atoms with van der Waals surface area (Å²) in [6, 6.07) is 10.6. The zero-order valence-corrected chi connectivity index (χ0v) is 19.9. The van der Waals surface area contributed by atoms with Gasteiger partial charge in [0.2, 0.25) is 5.91 Å². The van der Waals surface area contributed by atoms with Crippen molar-refractivity contribution in [3.63, 3.8) is 0 Å². The van der Waals surface area contributed by atoms with Crippen LogP contribution in [-0.4, -0.2) is 37.0 Å². The standard InChI is InChI=1S/C25H33ClN2OS/c1-17-4-6-20(7-5-17)25(29)28(22-12-14-27(3)15-13-22)23-16-24(30-18(23)2)19-8-10-21(26)11-9-19/h8-11,16-17,20,22H,4-7,12-15H2,1-3H3/t17-,20-. The summed E-state index contributed by atoms with van der Waals surface area (Å²) in [6.45, 7) is 6.60. The normalized spacial score (nSPS) is 23.5. The fraction of sp³-hybridized carbons (Fsp3) is 0.560. The Labute approximate surface area is 190 Å². The minimum Gasteiger partial charge on any atom is -0.308 e. The smallest absolute Gasteiger partial charge is 0.230 e. The lowest BCUT2D eigenvalue weighted by Gasteiger charge is -2.40. The van der Waals surface area contributed by atoms with Gasteiger partial charge in [-0.1, -0.05) is 30.7 Å². The predicted octanol–water partition coefficient (Wildman–Crippen LogP) is 6.63. The number of hydrogen-bond donors (Lipinski definition) is 0. The minimum absolute atomic E-state index is 0.180. The number of aryl methyl sites for hydroxylation is 1. The molecular weight excluding hydrogens is 412 g/mol. The molecule has 1 aromatic heterocycles. The Morgan fingerprint density at radius 1 is 1.07 bits per heavy atom. The van der Waals surface area contributed by atoms with Crippen LogP contribution in [0.5, 0.6) is 0 Å². The lowest BCUT2D eigenvalue weighted by Crippen LogP contribution is -2.49. The van der Waals surface area contributed by atoms with E-state index in [1.165, 1.54) is 28.2 Å². The van der Waals surface area contributed by atoms with Crippen molar-refractivity contribution < 1.29 is 4.79 Å². The van der Waals surface area contributed by atoms with Crippen LogP contribution in [0.2, 0.25) is 5.02 Å². The molecule has 0 N–H and O–H groups in total. The SMILES string of the molecule is Cc1sc(-c2ccc(Cl)cc2)cc1N(C(=O)[C@H]1CC[C@H](C)CC1)C1CCN(C)CC1. The zero-order chi connectivity index (χ0) is 21.3. The number of carbonyl (C=O) groups excluding carboxylic acids is 1. The molecule has 1 aromatic carbocycles. The van der Waals surface area contributed by atoms with Gasteiger partial charge in [0.1, 0.15) is 0 Å². The third-order valence-corrected chi connectivity index (χ3v) is 8.28. The van der Waals surface area contributed by atoms with Gasteiger partial charge in [0.05, 0.1) is 5.69 Å². The maximum absolute atomic E-state index is 13.8. The van der Waals surface area contributed by atoms with Crippen LogP contribution in [0.15, 0.2) is 30.3 Å². The van der Waals surface area contributed by atoms with Crippen molar-refractivity contribution >= 4 is 34.5 Å². The van der Waals surface area contributed by atoms with Gasteiger partial charge >= 0.3 is 0 Å².